The van der Waals surface area contributed by atoms with Gasteiger partial charge in [-0.05, 0) is 29.3 Å². The lowest BCUT2D eigenvalue weighted by molar-refractivity contribution is -0.274. The second kappa shape index (κ2) is 8.90. The first-order chi connectivity index (χ1) is 13.7. The van der Waals surface area contributed by atoms with Gasteiger partial charge in [-0.3, -0.25) is 0 Å². The zero-order chi connectivity index (χ0) is 21.1. The molecule has 0 aliphatic carbocycles. The van der Waals surface area contributed by atoms with Gasteiger partial charge in [-0.2, -0.15) is 0 Å². The summed E-state index contributed by atoms with van der Waals surface area (Å²) in [6.45, 7) is 4.55. The van der Waals surface area contributed by atoms with Crippen LogP contribution in [0.5, 0.6) is 5.75 Å². The molecular formula is C23H28F4OSi. The van der Waals surface area contributed by atoms with E-state index in [-0.39, 0.29) is 11.6 Å². The summed E-state index contributed by atoms with van der Waals surface area (Å²) in [4.78, 5) is 0. The Kier molecular flexibility index (Phi) is 6.71. The summed E-state index contributed by atoms with van der Waals surface area (Å²) in [6, 6.07) is 13.4. The molecule has 1 nitrogen and oxygen atoms in total. The molecule has 2 aromatic carbocycles. The Hall–Kier alpha value is -1.82. The van der Waals surface area contributed by atoms with Gasteiger partial charge in [-0.1, -0.05) is 87.5 Å². The van der Waals surface area contributed by atoms with Crippen molar-refractivity contribution in [1.29, 1.82) is 0 Å². The average molecular weight is 425 g/mol. The molecule has 1 heterocycles. The normalized spacial score (nSPS) is 17.7. The van der Waals surface area contributed by atoms with E-state index in [0.717, 1.165) is 6.42 Å². The number of hydrogen-bond donors (Lipinski definition) is 0. The topological polar surface area (TPSA) is 9.23 Å². The van der Waals surface area contributed by atoms with Crippen LogP contribution in [0.1, 0.15) is 46.0 Å². The van der Waals surface area contributed by atoms with Crippen LogP contribution >= 0.6 is 0 Å². The Balaban J connectivity index is 1.89. The molecule has 0 amide bonds. The quantitative estimate of drug-likeness (QED) is 0.346. The number of hydrogen-bond acceptors (Lipinski definition) is 1. The Morgan fingerprint density at radius 3 is 2.21 bits per heavy atom. The van der Waals surface area contributed by atoms with Crippen LogP contribution in [0.3, 0.4) is 0 Å². The van der Waals surface area contributed by atoms with E-state index >= 15 is 4.39 Å². The molecular weight excluding hydrogens is 396 g/mol. The highest BCUT2D eigenvalue weighted by Crippen LogP contribution is 2.40. The lowest BCUT2D eigenvalue weighted by Crippen LogP contribution is -2.52. The molecule has 1 aliphatic heterocycles. The maximum atomic E-state index is 15.1. The third-order valence-electron chi connectivity index (χ3n) is 6.35. The summed E-state index contributed by atoms with van der Waals surface area (Å²) in [6.07, 6.45) is 1.30. The first-order valence-corrected chi connectivity index (χ1v) is 12.9. The van der Waals surface area contributed by atoms with Crippen molar-refractivity contribution in [3.63, 3.8) is 0 Å². The summed E-state index contributed by atoms with van der Waals surface area (Å²) in [7, 11) is -1.76. The molecule has 6 heteroatoms. The molecule has 2 aromatic rings. The van der Waals surface area contributed by atoms with Crippen LogP contribution in [-0.2, 0) is 0 Å². The van der Waals surface area contributed by atoms with E-state index in [1.165, 1.54) is 67.2 Å². The van der Waals surface area contributed by atoms with Gasteiger partial charge in [0.25, 0.3) is 0 Å². The van der Waals surface area contributed by atoms with Crippen LogP contribution in [0.2, 0.25) is 17.6 Å². The maximum Gasteiger partial charge on any atom is 0.573 e. The van der Waals surface area contributed by atoms with Crippen molar-refractivity contribution in [1.82, 2.24) is 0 Å². The molecule has 29 heavy (non-hydrogen) atoms. The van der Waals surface area contributed by atoms with E-state index in [9.17, 15) is 13.2 Å². The van der Waals surface area contributed by atoms with Gasteiger partial charge in [0.1, 0.15) is 11.6 Å². The SMILES string of the molecule is CCCC(C)[Si]1(c2ccc(-c3ccc(OC(F)(F)F)cc3)c(F)c2)CCCCC1. The summed E-state index contributed by atoms with van der Waals surface area (Å²) < 4.78 is 56.0. The Labute approximate surface area is 171 Å². The molecule has 158 valence electrons. The van der Waals surface area contributed by atoms with Gasteiger partial charge in [0.15, 0.2) is 0 Å². The minimum Gasteiger partial charge on any atom is -0.406 e. The third-order valence-corrected chi connectivity index (χ3v) is 12.5. The molecule has 1 saturated heterocycles. The Morgan fingerprint density at radius 2 is 1.66 bits per heavy atom. The van der Waals surface area contributed by atoms with E-state index in [1.807, 2.05) is 0 Å². The molecule has 0 aromatic heterocycles. The van der Waals surface area contributed by atoms with Crippen molar-refractivity contribution in [3.05, 3.63) is 48.3 Å². The fraction of sp³-hybridized carbons (Fsp3) is 0.478. The molecule has 1 fully saturated rings. The highest BCUT2D eigenvalue weighted by Gasteiger charge is 2.41. The summed E-state index contributed by atoms with van der Waals surface area (Å²) in [5, 5.41) is 1.19. The van der Waals surface area contributed by atoms with Crippen LogP contribution in [0.15, 0.2) is 42.5 Å². The number of ether oxygens (including phenoxy) is 1. The zero-order valence-electron chi connectivity index (χ0n) is 17.0. The van der Waals surface area contributed by atoms with Crippen molar-refractivity contribution in [3.8, 4) is 16.9 Å². The number of alkyl halides is 3. The first kappa shape index (κ1) is 21.9. The fourth-order valence-electron chi connectivity index (χ4n) is 4.85. The molecule has 1 aliphatic rings. The Morgan fingerprint density at radius 1 is 1.00 bits per heavy atom. The molecule has 1 unspecified atom stereocenters. The van der Waals surface area contributed by atoms with Gasteiger partial charge in [-0.15, -0.1) is 13.2 Å². The second-order valence-electron chi connectivity index (χ2n) is 8.17. The van der Waals surface area contributed by atoms with Crippen LogP contribution in [0, 0.1) is 5.82 Å². The standard InChI is InChI=1S/C23H28F4OSi/c1-3-7-17(2)29(14-5-4-6-15-29)20-12-13-21(22(24)16-20)18-8-10-19(11-9-18)28-23(25,26)27/h8-13,16-17H,3-7,14-15H2,1-2H3. The molecule has 3 rings (SSSR count). The van der Waals surface area contributed by atoms with Crippen LogP contribution in [0.25, 0.3) is 11.1 Å². The smallest absolute Gasteiger partial charge is 0.406 e. The van der Waals surface area contributed by atoms with Gasteiger partial charge < -0.3 is 4.74 Å². The summed E-state index contributed by atoms with van der Waals surface area (Å²) in [5.41, 5.74) is 1.58. The lowest BCUT2D eigenvalue weighted by Gasteiger charge is -2.41. The molecule has 0 radical (unpaired) electrons. The van der Waals surface area contributed by atoms with Gasteiger partial charge in [0.05, 0.1) is 8.07 Å². The Bertz CT molecular complexity index is 811. The minimum absolute atomic E-state index is 0.298. The highest BCUT2D eigenvalue weighted by molar-refractivity contribution is 6.93. The minimum atomic E-state index is -4.73. The second-order valence-corrected chi connectivity index (χ2v) is 13.0. The molecule has 0 spiro atoms. The van der Waals surface area contributed by atoms with Crippen molar-refractivity contribution < 1.29 is 22.3 Å². The maximum absolute atomic E-state index is 15.1. The number of rotatable bonds is 6. The van der Waals surface area contributed by atoms with Crippen LogP contribution in [-0.4, -0.2) is 14.4 Å². The number of benzene rings is 2. The molecule has 1 atom stereocenters. The van der Waals surface area contributed by atoms with E-state index in [2.05, 4.69) is 24.7 Å². The largest absolute Gasteiger partial charge is 0.573 e. The van der Waals surface area contributed by atoms with Crippen molar-refractivity contribution in [2.45, 2.75) is 69.9 Å². The predicted octanol–water partition coefficient (Wildman–Crippen LogP) is 7.42. The molecule has 0 N–H and O–H groups in total. The van der Waals surface area contributed by atoms with E-state index in [4.69, 9.17) is 0 Å². The van der Waals surface area contributed by atoms with Crippen molar-refractivity contribution in [2.75, 3.05) is 0 Å². The summed E-state index contributed by atoms with van der Waals surface area (Å²) in [5.74, 6) is -0.603. The van der Waals surface area contributed by atoms with Crippen LogP contribution in [0.4, 0.5) is 17.6 Å². The van der Waals surface area contributed by atoms with E-state index < -0.39 is 14.4 Å². The van der Waals surface area contributed by atoms with Crippen LogP contribution < -0.4 is 9.92 Å². The van der Waals surface area contributed by atoms with E-state index in [0.29, 0.717) is 16.7 Å². The predicted molar refractivity (Wildman–Crippen MR) is 112 cm³/mol. The van der Waals surface area contributed by atoms with E-state index in [1.54, 1.807) is 12.1 Å². The molecule has 0 saturated carbocycles. The van der Waals surface area contributed by atoms with Crippen molar-refractivity contribution >= 4 is 13.3 Å². The highest BCUT2D eigenvalue weighted by atomic mass is 28.3. The monoisotopic (exact) mass is 424 g/mol. The number of halogens is 4. The van der Waals surface area contributed by atoms with Crippen molar-refractivity contribution in [2.24, 2.45) is 0 Å². The summed E-state index contributed by atoms with van der Waals surface area (Å²) >= 11 is 0. The van der Waals surface area contributed by atoms with Gasteiger partial charge in [-0.25, -0.2) is 4.39 Å². The van der Waals surface area contributed by atoms with Gasteiger partial charge >= 0.3 is 6.36 Å². The fourth-order valence-corrected chi connectivity index (χ4v) is 10.7. The third kappa shape index (κ3) is 5.03. The average Bonchev–Trinajstić information content (AvgIpc) is 2.68. The zero-order valence-corrected chi connectivity index (χ0v) is 18.0. The molecule has 0 bridgehead atoms. The van der Waals surface area contributed by atoms with Gasteiger partial charge in [0, 0.05) is 5.56 Å². The first-order valence-electron chi connectivity index (χ1n) is 10.4. The van der Waals surface area contributed by atoms with Gasteiger partial charge in [0.2, 0.25) is 0 Å². The lowest BCUT2D eigenvalue weighted by atomic mass is 10.1.